The summed E-state index contributed by atoms with van der Waals surface area (Å²) in [4.78, 5) is 17.2. The zero-order chi connectivity index (χ0) is 17.0. The Morgan fingerprint density at radius 2 is 2.17 bits per heavy atom. The largest absolute Gasteiger partial charge is 0.377 e. The molecule has 0 bridgehead atoms. The average molecular weight is 335 g/mol. The van der Waals surface area contributed by atoms with E-state index in [0.29, 0.717) is 25.4 Å². The van der Waals surface area contributed by atoms with Gasteiger partial charge in [0.25, 0.3) is 0 Å². The number of nitrogens with two attached hydrogens (primary N) is 1. The Labute approximate surface area is 143 Å². The molecular weight excluding hydrogens is 306 g/mol. The summed E-state index contributed by atoms with van der Waals surface area (Å²) in [5.41, 5.74) is 6.00. The highest BCUT2D eigenvalue weighted by atomic mass is 16.5. The van der Waals surface area contributed by atoms with Gasteiger partial charge >= 0.3 is 0 Å². The molecule has 0 radical (unpaired) electrons. The lowest BCUT2D eigenvalue weighted by Gasteiger charge is -2.36. The number of hydrogen-bond donors (Lipinski definition) is 2. The maximum atomic E-state index is 12.6. The molecule has 7 heteroatoms. The number of hydrogen-bond acceptors (Lipinski definition) is 5. The fraction of sp³-hybridized carbons (Fsp3) is 0.824. The number of ether oxygens (including phenoxy) is 1. The van der Waals surface area contributed by atoms with Crippen LogP contribution in [0.1, 0.15) is 69.1 Å². The number of rotatable bonds is 6. The smallest absolute Gasteiger partial charge is 0.221 e. The number of aromatic nitrogens is 3. The van der Waals surface area contributed by atoms with Crippen molar-refractivity contribution in [3.05, 3.63) is 11.6 Å². The normalized spacial score (nSPS) is 22.8. The van der Waals surface area contributed by atoms with Crippen molar-refractivity contribution in [1.29, 1.82) is 0 Å². The van der Waals surface area contributed by atoms with E-state index in [9.17, 15) is 4.79 Å². The van der Waals surface area contributed by atoms with Gasteiger partial charge in [0.2, 0.25) is 5.91 Å². The molecule has 0 aromatic carbocycles. The van der Waals surface area contributed by atoms with E-state index < -0.39 is 0 Å². The van der Waals surface area contributed by atoms with E-state index in [1.54, 1.807) is 7.11 Å². The summed E-state index contributed by atoms with van der Waals surface area (Å²) in [5, 5.41) is 7.63. The second-order valence-electron chi connectivity index (χ2n) is 7.25. The molecule has 2 aliphatic rings. The number of aryl methyl sites for hydroxylation is 1. The SMILES string of the molecule is COCc1nc2n(n1)CCCC2NC(=O)CC1(CN)CCCCC1. The van der Waals surface area contributed by atoms with Crippen molar-refractivity contribution < 1.29 is 9.53 Å². The topological polar surface area (TPSA) is 95.1 Å². The molecule has 1 saturated carbocycles. The van der Waals surface area contributed by atoms with E-state index in [2.05, 4.69) is 15.4 Å². The van der Waals surface area contributed by atoms with Crippen LogP contribution in [0.2, 0.25) is 0 Å². The average Bonchev–Trinajstić information content (AvgIpc) is 3.00. The zero-order valence-corrected chi connectivity index (χ0v) is 14.6. The van der Waals surface area contributed by atoms with Gasteiger partial charge in [-0.05, 0) is 37.6 Å². The van der Waals surface area contributed by atoms with E-state index in [-0.39, 0.29) is 17.4 Å². The van der Waals surface area contributed by atoms with E-state index in [4.69, 9.17) is 10.5 Å². The summed E-state index contributed by atoms with van der Waals surface area (Å²) < 4.78 is 7.02. The minimum Gasteiger partial charge on any atom is -0.377 e. The molecule has 0 spiro atoms. The number of amides is 1. The highest BCUT2D eigenvalue weighted by Crippen LogP contribution is 2.38. The Morgan fingerprint density at radius 1 is 1.38 bits per heavy atom. The molecule has 1 unspecified atom stereocenters. The summed E-state index contributed by atoms with van der Waals surface area (Å²) in [7, 11) is 1.63. The van der Waals surface area contributed by atoms with Crippen LogP contribution >= 0.6 is 0 Å². The standard InChI is InChI=1S/C17H29N5O2/c1-24-11-14-20-16-13(6-5-9-22(16)21-14)19-15(23)10-17(12-18)7-3-2-4-8-17/h13H,2-12,18H2,1H3,(H,19,23). The third-order valence-corrected chi connectivity index (χ3v) is 5.41. The van der Waals surface area contributed by atoms with Crippen molar-refractivity contribution in [3.8, 4) is 0 Å². The molecule has 7 nitrogen and oxygen atoms in total. The second-order valence-corrected chi connectivity index (χ2v) is 7.25. The highest BCUT2D eigenvalue weighted by molar-refractivity contribution is 5.77. The molecular formula is C17H29N5O2. The number of nitrogens with zero attached hydrogens (tertiary/aromatic N) is 3. The van der Waals surface area contributed by atoms with Gasteiger partial charge in [-0.15, -0.1) is 0 Å². The predicted molar refractivity (Wildman–Crippen MR) is 90.0 cm³/mol. The third kappa shape index (κ3) is 3.78. The second kappa shape index (κ2) is 7.61. The van der Waals surface area contributed by atoms with Crippen LogP contribution in [0, 0.1) is 5.41 Å². The van der Waals surface area contributed by atoms with Crippen LogP contribution in [0.15, 0.2) is 0 Å². The number of carbonyl (C=O) groups is 1. The predicted octanol–water partition coefficient (Wildman–Crippen LogP) is 1.67. The molecule has 1 amide bonds. The third-order valence-electron chi connectivity index (χ3n) is 5.41. The van der Waals surface area contributed by atoms with Gasteiger partial charge in [-0.25, -0.2) is 9.67 Å². The van der Waals surface area contributed by atoms with Crippen molar-refractivity contribution in [1.82, 2.24) is 20.1 Å². The van der Waals surface area contributed by atoms with Gasteiger partial charge in [-0.1, -0.05) is 19.3 Å². The quantitative estimate of drug-likeness (QED) is 0.824. The molecule has 1 aliphatic carbocycles. The van der Waals surface area contributed by atoms with Gasteiger partial charge in [0, 0.05) is 20.1 Å². The minimum absolute atomic E-state index is 0.00805. The van der Waals surface area contributed by atoms with Gasteiger partial charge < -0.3 is 15.8 Å². The summed E-state index contributed by atoms with van der Waals surface area (Å²) in [6.07, 6.45) is 8.19. The Morgan fingerprint density at radius 3 is 2.88 bits per heavy atom. The molecule has 3 N–H and O–H groups in total. The van der Waals surface area contributed by atoms with Crippen molar-refractivity contribution >= 4 is 5.91 Å². The van der Waals surface area contributed by atoms with Crippen LogP contribution in [-0.2, 0) is 22.7 Å². The van der Waals surface area contributed by atoms with Crippen molar-refractivity contribution in [3.63, 3.8) is 0 Å². The maximum absolute atomic E-state index is 12.6. The molecule has 1 atom stereocenters. The van der Waals surface area contributed by atoms with Crippen LogP contribution in [-0.4, -0.2) is 34.3 Å². The Hall–Kier alpha value is -1.47. The fourth-order valence-electron chi connectivity index (χ4n) is 4.07. The van der Waals surface area contributed by atoms with Crippen LogP contribution in [0.25, 0.3) is 0 Å². The lowest BCUT2D eigenvalue weighted by Crippen LogP contribution is -2.40. The first-order valence-electron chi connectivity index (χ1n) is 9.08. The van der Waals surface area contributed by atoms with Gasteiger partial charge in [-0.3, -0.25) is 4.79 Å². The molecule has 1 aromatic heterocycles. The summed E-state index contributed by atoms with van der Waals surface area (Å²) in [6.45, 7) is 1.85. The van der Waals surface area contributed by atoms with Crippen LogP contribution in [0.3, 0.4) is 0 Å². The Balaban J connectivity index is 1.65. The van der Waals surface area contributed by atoms with Gasteiger partial charge in [0.05, 0.1) is 6.04 Å². The van der Waals surface area contributed by atoms with E-state index in [0.717, 1.165) is 38.1 Å². The molecule has 0 saturated heterocycles. The summed E-state index contributed by atoms with van der Waals surface area (Å²) in [5.74, 6) is 1.63. The van der Waals surface area contributed by atoms with E-state index in [1.807, 2.05) is 4.68 Å². The first-order valence-corrected chi connectivity index (χ1v) is 9.08. The summed E-state index contributed by atoms with van der Waals surface area (Å²) in [6, 6.07) is -0.0530. The van der Waals surface area contributed by atoms with Crippen LogP contribution in [0.5, 0.6) is 0 Å². The first kappa shape index (κ1) is 17.4. The van der Waals surface area contributed by atoms with Gasteiger partial charge in [-0.2, -0.15) is 5.10 Å². The number of nitrogens with one attached hydrogen (secondary N) is 1. The van der Waals surface area contributed by atoms with E-state index in [1.165, 1.54) is 19.3 Å². The van der Waals surface area contributed by atoms with Gasteiger partial charge in [0.1, 0.15) is 12.4 Å². The zero-order valence-electron chi connectivity index (χ0n) is 14.6. The minimum atomic E-state index is -0.0530. The number of carbonyl (C=O) groups excluding carboxylic acids is 1. The monoisotopic (exact) mass is 335 g/mol. The van der Waals surface area contributed by atoms with Crippen molar-refractivity contribution in [2.45, 2.75) is 70.6 Å². The summed E-state index contributed by atoms with van der Waals surface area (Å²) >= 11 is 0. The fourth-order valence-corrected chi connectivity index (χ4v) is 4.07. The van der Waals surface area contributed by atoms with Crippen molar-refractivity contribution in [2.75, 3.05) is 13.7 Å². The lowest BCUT2D eigenvalue weighted by molar-refractivity contribution is -0.124. The molecule has 2 heterocycles. The molecule has 1 aromatic rings. The van der Waals surface area contributed by atoms with Crippen LogP contribution in [0.4, 0.5) is 0 Å². The van der Waals surface area contributed by atoms with Crippen LogP contribution < -0.4 is 11.1 Å². The van der Waals surface area contributed by atoms with Crippen molar-refractivity contribution in [2.24, 2.45) is 11.1 Å². The number of methoxy groups -OCH3 is 1. The highest BCUT2D eigenvalue weighted by Gasteiger charge is 2.34. The number of fused-ring (bicyclic) bond motifs is 1. The maximum Gasteiger partial charge on any atom is 0.221 e. The Bertz CT molecular complexity index is 565. The lowest BCUT2D eigenvalue weighted by atomic mass is 9.71. The molecule has 134 valence electrons. The van der Waals surface area contributed by atoms with E-state index >= 15 is 0 Å². The van der Waals surface area contributed by atoms with Gasteiger partial charge in [0.15, 0.2) is 5.82 Å². The molecule has 3 rings (SSSR count). The Kier molecular flexibility index (Phi) is 5.50. The molecule has 1 aliphatic heterocycles. The first-order chi connectivity index (χ1) is 11.7. The molecule has 1 fully saturated rings. The molecule has 24 heavy (non-hydrogen) atoms.